The SMILES string of the molecule is CC(C)(C)OC(=O)NCC1CNCCC1C(F)(F)F. The zero-order valence-electron chi connectivity index (χ0n) is 11.4. The van der Waals surface area contributed by atoms with Gasteiger partial charge in [-0.25, -0.2) is 4.79 Å². The van der Waals surface area contributed by atoms with E-state index in [1.807, 2.05) is 0 Å². The summed E-state index contributed by atoms with van der Waals surface area (Å²) in [6.45, 7) is 5.67. The van der Waals surface area contributed by atoms with Gasteiger partial charge in [0.1, 0.15) is 5.60 Å². The number of hydrogen-bond acceptors (Lipinski definition) is 3. The second-order valence-electron chi connectivity index (χ2n) is 5.78. The molecule has 1 rings (SSSR count). The van der Waals surface area contributed by atoms with E-state index in [9.17, 15) is 18.0 Å². The van der Waals surface area contributed by atoms with Gasteiger partial charge in [-0.3, -0.25) is 0 Å². The number of rotatable bonds is 2. The van der Waals surface area contributed by atoms with Gasteiger partial charge in [-0.1, -0.05) is 0 Å². The van der Waals surface area contributed by atoms with Gasteiger partial charge in [0.2, 0.25) is 0 Å². The molecule has 0 spiro atoms. The number of alkyl halides is 3. The summed E-state index contributed by atoms with van der Waals surface area (Å²) in [6, 6.07) is 0. The third kappa shape index (κ3) is 5.67. The fourth-order valence-electron chi connectivity index (χ4n) is 2.10. The van der Waals surface area contributed by atoms with Gasteiger partial charge in [0.15, 0.2) is 0 Å². The summed E-state index contributed by atoms with van der Waals surface area (Å²) in [4.78, 5) is 11.4. The second kappa shape index (κ2) is 5.98. The van der Waals surface area contributed by atoms with E-state index in [0.29, 0.717) is 6.54 Å². The van der Waals surface area contributed by atoms with E-state index in [0.717, 1.165) is 0 Å². The quantitative estimate of drug-likeness (QED) is 0.817. The molecule has 1 saturated heterocycles. The number of alkyl carbamates (subject to hydrolysis) is 1. The van der Waals surface area contributed by atoms with Gasteiger partial charge in [0.05, 0.1) is 5.92 Å². The van der Waals surface area contributed by atoms with Crippen molar-refractivity contribution in [1.82, 2.24) is 10.6 Å². The Kier molecular flexibility index (Phi) is 5.06. The number of amides is 1. The zero-order chi connectivity index (χ0) is 14.7. The lowest BCUT2D eigenvalue weighted by atomic mass is 9.86. The summed E-state index contributed by atoms with van der Waals surface area (Å²) in [7, 11) is 0. The van der Waals surface area contributed by atoms with Crippen LogP contribution in [0.1, 0.15) is 27.2 Å². The van der Waals surface area contributed by atoms with Crippen LogP contribution in [0.5, 0.6) is 0 Å². The Balaban J connectivity index is 2.48. The van der Waals surface area contributed by atoms with E-state index < -0.39 is 29.7 Å². The molecule has 0 radical (unpaired) electrons. The van der Waals surface area contributed by atoms with Crippen molar-refractivity contribution in [3.05, 3.63) is 0 Å². The smallest absolute Gasteiger partial charge is 0.407 e. The molecule has 19 heavy (non-hydrogen) atoms. The molecule has 1 heterocycles. The molecular weight excluding hydrogens is 261 g/mol. The highest BCUT2D eigenvalue weighted by atomic mass is 19.4. The van der Waals surface area contributed by atoms with Crippen LogP contribution in [0.4, 0.5) is 18.0 Å². The number of halogens is 3. The Hall–Kier alpha value is -0.980. The van der Waals surface area contributed by atoms with Crippen LogP contribution in [0.25, 0.3) is 0 Å². The van der Waals surface area contributed by atoms with Crippen molar-refractivity contribution in [1.29, 1.82) is 0 Å². The van der Waals surface area contributed by atoms with Crippen LogP contribution in [-0.4, -0.2) is 37.5 Å². The average Bonchev–Trinajstić information content (AvgIpc) is 2.23. The third-order valence-electron chi connectivity index (χ3n) is 2.94. The maximum atomic E-state index is 12.8. The van der Waals surface area contributed by atoms with Crippen molar-refractivity contribution in [2.75, 3.05) is 19.6 Å². The lowest BCUT2D eigenvalue weighted by Gasteiger charge is -2.33. The van der Waals surface area contributed by atoms with Gasteiger partial charge in [0, 0.05) is 19.0 Å². The first kappa shape index (κ1) is 16.1. The van der Waals surface area contributed by atoms with Crippen molar-refractivity contribution in [3.8, 4) is 0 Å². The van der Waals surface area contributed by atoms with Gasteiger partial charge in [0.25, 0.3) is 0 Å². The van der Waals surface area contributed by atoms with Gasteiger partial charge in [-0.2, -0.15) is 13.2 Å². The maximum absolute atomic E-state index is 12.8. The molecule has 0 aromatic carbocycles. The van der Waals surface area contributed by atoms with Crippen LogP contribution < -0.4 is 10.6 Å². The minimum Gasteiger partial charge on any atom is -0.444 e. The highest BCUT2D eigenvalue weighted by Gasteiger charge is 2.45. The van der Waals surface area contributed by atoms with E-state index in [4.69, 9.17) is 4.74 Å². The Morgan fingerprint density at radius 1 is 1.37 bits per heavy atom. The minimum absolute atomic E-state index is 0.0356. The summed E-state index contributed by atoms with van der Waals surface area (Å²) in [5.74, 6) is -2.02. The minimum atomic E-state index is -4.22. The molecule has 1 fully saturated rings. The molecule has 0 aliphatic carbocycles. The highest BCUT2D eigenvalue weighted by molar-refractivity contribution is 5.67. The van der Waals surface area contributed by atoms with Crippen molar-refractivity contribution >= 4 is 6.09 Å². The highest BCUT2D eigenvalue weighted by Crippen LogP contribution is 2.35. The molecule has 2 atom stereocenters. The summed E-state index contributed by atoms with van der Waals surface area (Å²) in [6.07, 6.45) is -4.86. The molecular formula is C12H21F3N2O2. The Bertz CT molecular complexity index is 313. The zero-order valence-corrected chi connectivity index (χ0v) is 11.4. The number of carbonyl (C=O) groups excluding carboxylic acids is 1. The number of piperidine rings is 1. The molecule has 2 unspecified atom stereocenters. The predicted molar refractivity (Wildman–Crippen MR) is 64.8 cm³/mol. The van der Waals surface area contributed by atoms with Crippen LogP contribution in [-0.2, 0) is 4.74 Å². The van der Waals surface area contributed by atoms with Crippen molar-refractivity contribution in [2.24, 2.45) is 11.8 Å². The van der Waals surface area contributed by atoms with Crippen LogP contribution in [0.3, 0.4) is 0 Å². The van der Waals surface area contributed by atoms with Gasteiger partial charge < -0.3 is 15.4 Å². The lowest BCUT2D eigenvalue weighted by molar-refractivity contribution is -0.193. The summed E-state index contributed by atoms with van der Waals surface area (Å²) in [5.41, 5.74) is -0.654. The van der Waals surface area contributed by atoms with E-state index in [1.54, 1.807) is 20.8 Å². The normalized spacial score (nSPS) is 24.9. The lowest BCUT2D eigenvalue weighted by Crippen LogP contribution is -2.48. The number of ether oxygens (including phenoxy) is 1. The summed E-state index contributed by atoms with van der Waals surface area (Å²) in [5, 5.41) is 5.33. The first-order chi connectivity index (χ1) is 8.59. The Labute approximate surface area is 111 Å². The standard InChI is InChI=1S/C12H21F3N2O2/c1-11(2,3)19-10(18)17-7-8-6-16-5-4-9(8)12(13,14)15/h8-9,16H,4-7H2,1-3H3,(H,17,18). The van der Waals surface area contributed by atoms with Crippen LogP contribution >= 0.6 is 0 Å². The molecule has 0 bridgehead atoms. The number of carbonyl (C=O) groups is 1. The topological polar surface area (TPSA) is 50.4 Å². The van der Waals surface area contributed by atoms with Gasteiger partial charge >= 0.3 is 12.3 Å². The number of hydrogen-bond donors (Lipinski definition) is 2. The van der Waals surface area contributed by atoms with Crippen LogP contribution in [0.15, 0.2) is 0 Å². The molecule has 0 aromatic rings. The molecule has 1 aliphatic rings. The van der Waals surface area contributed by atoms with E-state index in [1.165, 1.54) is 0 Å². The predicted octanol–water partition coefficient (Wildman–Crippen LogP) is 2.30. The van der Waals surface area contributed by atoms with Crippen molar-refractivity contribution in [2.45, 2.75) is 39.0 Å². The summed E-state index contributed by atoms with van der Waals surface area (Å²) < 4.78 is 43.4. The monoisotopic (exact) mass is 282 g/mol. The summed E-state index contributed by atoms with van der Waals surface area (Å²) >= 11 is 0. The fraction of sp³-hybridized carbons (Fsp3) is 0.917. The maximum Gasteiger partial charge on any atom is 0.407 e. The van der Waals surface area contributed by atoms with Crippen LogP contribution in [0, 0.1) is 11.8 Å². The molecule has 1 amide bonds. The molecule has 4 nitrogen and oxygen atoms in total. The fourth-order valence-corrected chi connectivity index (χ4v) is 2.10. The first-order valence-corrected chi connectivity index (χ1v) is 6.34. The van der Waals surface area contributed by atoms with Crippen molar-refractivity contribution in [3.63, 3.8) is 0 Å². The molecule has 2 N–H and O–H groups in total. The second-order valence-corrected chi connectivity index (χ2v) is 5.78. The molecule has 1 aliphatic heterocycles. The average molecular weight is 282 g/mol. The Morgan fingerprint density at radius 3 is 2.53 bits per heavy atom. The molecule has 0 aromatic heterocycles. The van der Waals surface area contributed by atoms with Gasteiger partial charge in [-0.05, 0) is 33.7 Å². The Morgan fingerprint density at radius 2 is 2.00 bits per heavy atom. The van der Waals surface area contributed by atoms with E-state index >= 15 is 0 Å². The first-order valence-electron chi connectivity index (χ1n) is 6.34. The third-order valence-corrected chi connectivity index (χ3v) is 2.94. The van der Waals surface area contributed by atoms with Gasteiger partial charge in [-0.15, -0.1) is 0 Å². The largest absolute Gasteiger partial charge is 0.444 e. The van der Waals surface area contributed by atoms with Crippen molar-refractivity contribution < 1.29 is 22.7 Å². The van der Waals surface area contributed by atoms with Crippen LogP contribution in [0.2, 0.25) is 0 Å². The molecule has 0 saturated carbocycles. The van der Waals surface area contributed by atoms with E-state index in [2.05, 4.69) is 10.6 Å². The molecule has 112 valence electrons. The number of nitrogens with one attached hydrogen (secondary N) is 2. The molecule has 7 heteroatoms. The van der Waals surface area contributed by atoms with E-state index in [-0.39, 0.29) is 19.5 Å².